The predicted molar refractivity (Wildman–Crippen MR) is 104 cm³/mol. The van der Waals surface area contributed by atoms with E-state index in [1.165, 1.54) is 25.1 Å². The first-order chi connectivity index (χ1) is 13.2. The van der Waals surface area contributed by atoms with Gasteiger partial charge in [0.25, 0.3) is 0 Å². The molecular weight excluding hydrogens is 340 g/mol. The van der Waals surface area contributed by atoms with Crippen LogP contribution in [0.2, 0.25) is 0 Å². The molecule has 27 heavy (non-hydrogen) atoms. The van der Waals surface area contributed by atoms with E-state index >= 15 is 0 Å². The van der Waals surface area contributed by atoms with Crippen molar-refractivity contribution in [3.05, 3.63) is 24.0 Å². The van der Waals surface area contributed by atoms with Gasteiger partial charge in [0.05, 0.1) is 19.0 Å². The van der Waals surface area contributed by atoms with Crippen LogP contribution in [0.3, 0.4) is 0 Å². The number of ether oxygens (including phenoxy) is 1. The summed E-state index contributed by atoms with van der Waals surface area (Å²) in [4.78, 5) is 11.4. The number of nitrogens with zero attached hydrogens (tertiary/aromatic N) is 6. The van der Waals surface area contributed by atoms with E-state index in [-0.39, 0.29) is 0 Å². The van der Waals surface area contributed by atoms with Crippen LogP contribution in [-0.4, -0.2) is 44.4 Å². The average molecular weight is 371 g/mol. The van der Waals surface area contributed by atoms with Gasteiger partial charge >= 0.3 is 0 Å². The van der Waals surface area contributed by atoms with Crippen LogP contribution in [0.4, 0.5) is 5.82 Å². The van der Waals surface area contributed by atoms with Gasteiger partial charge < -0.3 is 14.2 Å². The second-order valence-corrected chi connectivity index (χ2v) is 8.14. The molecule has 2 aliphatic heterocycles. The SMILES string of the molecule is CC(C)COc1cncc(N2CCC[C@@H](c3nnc4n3CCCCC4)C2)n1. The molecule has 0 radical (unpaired) electrons. The molecule has 2 aromatic heterocycles. The number of aryl methyl sites for hydroxylation is 1. The normalized spacial score (nSPS) is 20.4. The van der Waals surface area contributed by atoms with E-state index in [9.17, 15) is 0 Å². The Bertz CT molecular complexity index is 759. The Morgan fingerprint density at radius 2 is 2.04 bits per heavy atom. The van der Waals surface area contributed by atoms with Crippen LogP contribution in [-0.2, 0) is 13.0 Å². The minimum Gasteiger partial charge on any atom is -0.476 e. The summed E-state index contributed by atoms with van der Waals surface area (Å²) in [6, 6.07) is 0. The van der Waals surface area contributed by atoms with E-state index < -0.39 is 0 Å². The van der Waals surface area contributed by atoms with Gasteiger partial charge in [0.1, 0.15) is 11.6 Å². The first-order valence-corrected chi connectivity index (χ1v) is 10.3. The van der Waals surface area contributed by atoms with Crippen molar-refractivity contribution in [2.75, 3.05) is 24.6 Å². The number of rotatable bonds is 5. The summed E-state index contributed by atoms with van der Waals surface area (Å²) in [5, 5.41) is 9.07. The summed E-state index contributed by atoms with van der Waals surface area (Å²) in [6.07, 6.45) is 10.6. The van der Waals surface area contributed by atoms with Crippen molar-refractivity contribution >= 4 is 5.82 Å². The van der Waals surface area contributed by atoms with Crippen molar-refractivity contribution in [2.24, 2.45) is 5.92 Å². The molecule has 2 aromatic rings. The topological polar surface area (TPSA) is 69.0 Å². The summed E-state index contributed by atoms with van der Waals surface area (Å²) in [5.41, 5.74) is 0. The molecule has 1 atom stereocenters. The molecule has 7 heteroatoms. The molecule has 0 saturated carbocycles. The van der Waals surface area contributed by atoms with Crippen LogP contribution >= 0.6 is 0 Å². The summed E-state index contributed by atoms with van der Waals surface area (Å²) >= 11 is 0. The van der Waals surface area contributed by atoms with E-state index in [0.717, 1.165) is 50.5 Å². The third-order valence-corrected chi connectivity index (χ3v) is 5.41. The lowest BCUT2D eigenvalue weighted by Gasteiger charge is -2.33. The Labute approximate surface area is 161 Å². The summed E-state index contributed by atoms with van der Waals surface area (Å²) < 4.78 is 8.14. The van der Waals surface area contributed by atoms with Gasteiger partial charge in [-0.3, -0.25) is 4.98 Å². The molecule has 0 spiro atoms. The minimum atomic E-state index is 0.403. The second-order valence-electron chi connectivity index (χ2n) is 8.14. The quantitative estimate of drug-likeness (QED) is 0.805. The molecule has 7 nitrogen and oxygen atoms in total. The van der Waals surface area contributed by atoms with Crippen molar-refractivity contribution in [1.29, 1.82) is 0 Å². The van der Waals surface area contributed by atoms with Crippen LogP contribution in [0.1, 0.15) is 63.5 Å². The van der Waals surface area contributed by atoms with E-state index in [1.54, 1.807) is 6.20 Å². The number of piperidine rings is 1. The van der Waals surface area contributed by atoms with Crippen LogP contribution in [0.5, 0.6) is 5.88 Å². The van der Waals surface area contributed by atoms with Gasteiger partial charge in [-0.25, -0.2) is 0 Å². The Morgan fingerprint density at radius 1 is 1.11 bits per heavy atom. The Kier molecular flexibility index (Phi) is 5.55. The minimum absolute atomic E-state index is 0.403. The molecule has 1 saturated heterocycles. The van der Waals surface area contributed by atoms with E-state index in [4.69, 9.17) is 4.74 Å². The smallest absolute Gasteiger partial charge is 0.234 e. The lowest BCUT2D eigenvalue weighted by atomic mass is 9.97. The van der Waals surface area contributed by atoms with E-state index in [0.29, 0.717) is 24.3 Å². The molecule has 2 aliphatic rings. The molecular formula is C20H30N6O. The zero-order chi connectivity index (χ0) is 18.6. The highest BCUT2D eigenvalue weighted by Gasteiger charge is 2.28. The van der Waals surface area contributed by atoms with Crippen molar-refractivity contribution in [3.8, 4) is 5.88 Å². The lowest BCUT2D eigenvalue weighted by molar-refractivity contribution is 0.260. The fourth-order valence-corrected chi connectivity index (χ4v) is 4.02. The standard InChI is InChI=1S/C20H30N6O/c1-15(2)14-27-19-12-21-11-18(22-19)25-9-6-7-16(13-25)20-24-23-17-8-4-3-5-10-26(17)20/h11-12,15-16H,3-10,13-14H2,1-2H3/t16-/m1/s1. The van der Waals surface area contributed by atoms with Gasteiger partial charge in [-0.05, 0) is 31.6 Å². The summed E-state index contributed by atoms with van der Waals surface area (Å²) in [7, 11) is 0. The summed E-state index contributed by atoms with van der Waals surface area (Å²) in [6.45, 7) is 7.90. The fourth-order valence-electron chi connectivity index (χ4n) is 4.02. The zero-order valence-electron chi connectivity index (χ0n) is 16.5. The maximum Gasteiger partial charge on any atom is 0.234 e. The van der Waals surface area contributed by atoms with Gasteiger partial charge in [0.2, 0.25) is 5.88 Å². The molecule has 0 amide bonds. The van der Waals surface area contributed by atoms with Crippen LogP contribution in [0.25, 0.3) is 0 Å². The van der Waals surface area contributed by atoms with Crippen molar-refractivity contribution < 1.29 is 4.74 Å². The first-order valence-electron chi connectivity index (χ1n) is 10.3. The van der Waals surface area contributed by atoms with Gasteiger partial charge in [-0.15, -0.1) is 10.2 Å². The number of hydrogen-bond donors (Lipinski definition) is 0. The van der Waals surface area contributed by atoms with Crippen molar-refractivity contribution in [1.82, 2.24) is 24.7 Å². The Morgan fingerprint density at radius 3 is 2.93 bits per heavy atom. The maximum absolute atomic E-state index is 5.76. The largest absolute Gasteiger partial charge is 0.476 e. The highest BCUT2D eigenvalue weighted by atomic mass is 16.5. The number of hydrogen-bond acceptors (Lipinski definition) is 6. The number of anilines is 1. The molecule has 1 fully saturated rings. The van der Waals surface area contributed by atoms with Crippen LogP contribution in [0, 0.1) is 5.92 Å². The molecule has 0 N–H and O–H groups in total. The fraction of sp³-hybridized carbons (Fsp3) is 0.700. The molecule has 0 aromatic carbocycles. The third-order valence-electron chi connectivity index (χ3n) is 5.41. The van der Waals surface area contributed by atoms with Crippen molar-refractivity contribution in [3.63, 3.8) is 0 Å². The molecule has 146 valence electrons. The monoisotopic (exact) mass is 370 g/mol. The second kappa shape index (κ2) is 8.23. The molecule has 0 aliphatic carbocycles. The average Bonchev–Trinajstić information content (AvgIpc) is 2.95. The van der Waals surface area contributed by atoms with Gasteiger partial charge in [-0.2, -0.15) is 4.98 Å². The molecule has 4 rings (SSSR count). The highest BCUT2D eigenvalue weighted by Crippen LogP contribution is 2.30. The van der Waals surface area contributed by atoms with Gasteiger partial charge in [-0.1, -0.05) is 20.3 Å². The highest BCUT2D eigenvalue weighted by molar-refractivity contribution is 5.39. The molecule has 0 unspecified atom stereocenters. The van der Waals surface area contributed by atoms with Gasteiger partial charge in [0, 0.05) is 32.0 Å². The molecule has 4 heterocycles. The zero-order valence-corrected chi connectivity index (χ0v) is 16.5. The number of fused-ring (bicyclic) bond motifs is 1. The van der Waals surface area contributed by atoms with Crippen LogP contribution < -0.4 is 9.64 Å². The van der Waals surface area contributed by atoms with Crippen LogP contribution in [0.15, 0.2) is 12.4 Å². The Hall–Kier alpha value is -2.18. The first kappa shape index (κ1) is 18.2. The van der Waals surface area contributed by atoms with E-state index in [1.807, 2.05) is 6.20 Å². The van der Waals surface area contributed by atoms with Gasteiger partial charge in [0.15, 0.2) is 5.82 Å². The number of aromatic nitrogens is 5. The lowest BCUT2D eigenvalue weighted by Crippen LogP contribution is -2.36. The van der Waals surface area contributed by atoms with E-state index in [2.05, 4.69) is 43.5 Å². The third kappa shape index (κ3) is 4.22. The van der Waals surface area contributed by atoms with Crippen molar-refractivity contribution in [2.45, 2.75) is 64.8 Å². The Balaban J connectivity index is 1.49. The maximum atomic E-state index is 5.76. The predicted octanol–water partition coefficient (Wildman–Crippen LogP) is 3.21. The molecule has 0 bridgehead atoms. The summed E-state index contributed by atoms with van der Waals surface area (Å²) in [5.74, 6) is 4.72.